The molecule has 0 fully saturated rings. The molecule has 0 radical (unpaired) electrons. The van der Waals surface area contributed by atoms with Gasteiger partial charge in [0, 0.05) is 24.7 Å². The molecule has 5 nitrogen and oxygen atoms in total. The first kappa shape index (κ1) is 18.0. The molecular formula is C18H23N3O2S. The molecule has 0 spiro atoms. The van der Waals surface area contributed by atoms with Gasteiger partial charge < -0.3 is 15.5 Å². The van der Waals surface area contributed by atoms with Gasteiger partial charge in [-0.05, 0) is 36.1 Å². The van der Waals surface area contributed by atoms with Gasteiger partial charge in [-0.3, -0.25) is 9.59 Å². The van der Waals surface area contributed by atoms with E-state index < -0.39 is 0 Å². The van der Waals surface area contributed by atoms with Crippen molar-refractivity contribution in [3.63, 3.8) is 0 Å². The summed E-state index contributed by atoms with van der Waals surface area (Å²) >= 11 is 1.62. The van der Waals surface area contributed by atoms with E-state index in [0.717, 1.165) is 16.1 Å². The van der Waals surface area contributed by atoms with Crippen LogP contribution in [0.1, 0.15) is 17.4 Å². The number of amides is 2. The highest BCUT2D eigenvalue weighted by Crippen LogP contribution is 2.12. The molecule has 0 aliphatic heterocycles. The smallest absolute Gasteiger partial charge is 0.242 e. The summed E-state index contributed by atoms with van der Waals surface area (Å²) in [6.07, 6.45) is 0.379. The molecule has 128 valence electrons. The van der Waals surface area contributed by atoms with Crippen molar-refractivity contribution < 1.29 is 9.59 Å². The molecule has 1 aromatic heterocycles. The van der Waals surface area contributed by atoms with Crippen LogP contribution < -0.4 is 10.6 Å². The van der Waals surface area contributed by atoms with Crippen LogP contribution in [0.2, 0.25) is 0 Å². The lowest BCUT2D eigenvalue weighted by atomic mass is 10.1. The summed E-state index contributed by atoms with van der Waals surface area (Å²) in [6.45, 7) is 2.38. The Labute approximate surface area is 146 Å². The maximum Gasteiger partial charge on any atom is 0.242 e. The molecule has 2 rings (SSSR count). The monoisotopic (exact) mass is 345 g/mol. The number of rotatable bonds is 7. The van der Waals surface area contributed by atoms with Gasteiger partial charge in [0.1, 0.15) is 6.04 Å². The molecular weight excluding hydrogens is 322 g/mol. The third kappa shape index (κ3) is 5.38. The Morgan fingerprint density at radius 2 is 1.88 bits per heavy atom. The van der Waals surface area contributed by atoms with Crippen molar-refractivity contribution in [3.8, 4) is 0 Å². The lowest BCUT2D eigenvalue weighted by molar-refractivity contribution is -0.128. The highest BCUT2D eigenvalue weighted by atomic mass is 32.1. The van der Waals surface area contributed by atoms with E-state index in [2.05, 4.69) is 10.6 Å². The fourth-order valence-electron chi connectivity index (χ4n) is 2.11. The first-order chi connectivity index (χ1) is 11.5. The van der Waals surface area contributed by atoms with Crippen molar-refractivity contribution in [2.45, 2.75) is 25.9 Å². The fraction of sp³-hybridized carbons (Fsp3) is 0.333. The third-order valence-electron chi connectivity index (χ3n) is 3.60. The summed E-state index contributed by atoms with van der Waals surface area (Å²) in [5.74, 6) is 0.0206. The number of carbonyl (C=O) groups excluding carboxylic acids is 2. The number of hydrogen-bond acceptors (Lipinski definition) is 4. The Bertz CT molecular complexity index is 666. The Morgan fingerprint density at radius 3 is 2.46 bits per heavy atom. The number of hydrogen-bond donors (Lipinski definition) is 2. The second kappa shape index (κ2) is 8.49. The molecule has 1 heterocycles. The first-order valence-corrected chi connectivity index (χ1v) is 8.69. The number of nitrogens with zero attached hydrogens (tertiary/aromatic N) is 1. The summed E-state index contributed by atoms with van der Waals surface area (Å²) in [4.78, 5) is 26.5. The quantitative estimate of drug-likeness (QED) is 0.810. The molecule has 0 aliphatic carbocycles. The zero-order chi connectivity index (χ0) is 17.5. The number of anilines is 1. The van der Waals surface area contributed by atoms with Crippen molar-refractivity contribution in [3.05, 3.63) is 52.2 Å². The number of benzene rings is 1. The van der Waals surface area contributed by atoms with Gasteiger partial charge in [-0.1, -0.05) is 18.2 Å². The van der Waals surface area contributed by atoms with E-state index in [-0.39, 0.29) is 17.9 Å². The zero-order valence-electron chi connectivity index (χ0n) is 14.2. The van der Waals surface area contributed by atoms with Crippen molar-refractivity contribution in [2.24, 2.45) is 0 Å². The van der Waals surface area contributed by atoms with Crippen molar-refractivity contribution >= 4 is 28.8 Å². The van der Waals surface area contributed by atoms with Crippen LogP contribution in [0.25, 0.3) is 0 Å². The zero-order valence-corrected chi connectivity index (χ0v) is 15.0. The maximum absolute atomic E-state index is 12.1. The summed E-state index contributed by atoms with van der Waals surface area (Å²) < 4.78 is 0. The highest BCUT2D eigenvalue weighted by Gasteiger charge is 2.12. The maximum atomic E-state index is 12.1. The molecule has 1 aromatic carbocycles. The molecule has 0 saturated carbocycles. The molecule has 1 atom stereocenters. The topological polar surface area (TPSA) is 61.4 Å². The minimum Gasteiger partial charge on any atom is -0.374 e. The van der Waals surface area contributed by atoms with Crippen LogP contribution in [0.15, 0.2) is 41.8 Å². The van der Waals surface area contributed by atoms with Gasteiger partial charge in [0.25, 0.3) is 0 Å². The van der Waals surface area contributed by atoms with Gasteiger partial charge in [0.15, 0.2) is 0 Å². The lowest BCUT2D eigenvalue weighted by Crippen LogP contribution is -2.37. The largest absolute Gasteiger partial charge is 0.374 e. The van der Waals surface area contributed by atoms with E-state index in [4.69, 9.17) is 0 Å². The average molecular weight is 345 g/mol. The minimum absolute atomic E-state index is 0.0461. The number of carbonyl (C=O) groups is 2. The predicted molar refractivity (Wildman–Crippen MR) is 98.1 cm³/mol. The second-order valence-corrected chi connectivity index (χ2v) is 6.86. The van der Waals surface area contributed by atoms with Gasteiger partial charge in [-0.25, -0.2) is 0 Å². The van der Waals surface area contributed by atoms with Crippen molar-refractivity contribution in [2.75, 3.05) is 19.4 Å². The van der Waals surface area contributed by atoms with Crippen LogP contribution in [0.5, 0.6) is 0 Å². The average Bonchev–Trinajstić information content (AvgIpc) is 3.07. The Balaban J connectivity index is 1.83. The van der Waals surface area contributed by atoms with Crippen LogP contribution in [-0.2, 0) is 22.6 Å². The van der Waals surface area contributed by atoms with Gasteiger partial charge in [0.2, 0.25) is 11.8 Å². The van der Waals surface area contributed by atoms with E-state index in [1.54, 1.807) is 30.3 Å². The van der Waals surface area contributed by atoms with E-state index in [1.807, 2.05) is 48.7 Å². The Morgan fingerprint density at radius 1 is 1.17 bits per heavy atom. The van der Waals surface area contributed by atoms with Crippen LogP contribution >= 0.6 is 11.3 Å². The van der Waals surface area contributed by atoms with E-state index in [9.17, 15) is 9.59 Å². The second-order valence-electron chi connectivity index (χ2n) is 5.83. The third-order valence-corrected chi connectivity index (χ3v) is 4.48. The molecule has 2 amide bonds. The lowest BCUT2D eigenvalue weighted by Gasteiger charge is -2.15. The Kier molecular flexibility index (Phi) is 6.37. The molecule has 2 aromatic rings. The highest BCUT2D eigenvalue weighted by molar-refractivity contribution is 7.09. The summed E-state index contributed by atoms with van der Waals surface area (Å²) in [7, 11) is 3.49. The summed E-state index contributed by atoms with van der Waals surface area (Å²) in [5.41, 5.74) is 1.81. The first-order valence-electron chi connectivity index (χ1n) is 7.81. The fourth-order valence-corrected chi connectivity index (χ4v) is 2.75. The Hall–Kier alpha value is -2.34. The predicted octanol–water partition coefficient (Wildman–Crippen LogP) is 2.50. The molecule has 1 unspecified atom stereocenters. The summed E-state index contributed by atoms with van der Waals surface area (Å²) in [5, 5.41) is 8.08. The molecule has 2 N–H and O–H groups in total. The van der Waals surface area contributed by atoms with E-state index in [1.165, 1.54) is 0 Å². The van der Waals surface area contributed by atoms with E-state index >= 15 is 0 Å². The van der Waals surface area contributed by atoms with Crippen LogP contribution in [-0.4, -0.2) is 36.9 Å². The van der Waals surface area contributed by atoms with Crippen molar-refractivity contribution in [1.29, 1.82) is 0 Å². The van der Waals surface area contributed by atoms with Gasteiger partial charge in [0.05, 0.1) is 13.0 Å². The molecule has 0 bridgehead atoms. The minimum atomic E-state index is -0.334. The molecule has 0 saturated heterocycles. The standard InChI is InChI=1S/C18H23N3O2S/c1-13(18(23)19-12-16-5-4-10-24-16)20-15-8-6-14(7-9-15)11-17(22)21(2)3/h4-10,13,20H,11-12H2,1-3H3,(H,19,23). The number of thiophene rings is 1. The summed E-state index contributed by atoms with van der Waals surface area (Å²) in [6, 6.07) is 11.2. The SMILES string of the molecule is CC(Nc1ccc(CC(=O)N(C)C)cc1)C(=O)NCc1cccs1. The number of nitrogens with one attached hydrogen (secondary N) is 2. The van der Waals surface area contributed by atoms with E-state index in [0.29, 0.717) is 13.0 Å². The molecule has 6 heteroatoms. The van der Waals surface area contributed by atoms with Crippen molar-refractivity contribution in [1.82, 2.24) is 10.2 Å². The molecule has 24 heavy (non-hydrogen) atoms. The van der Waals surface area contributed by atoms with Gasteiger partial charge in [-0.15, -0.1) is 11.3 Å². The molecule has 0 aliphatic rings. The van der Waals surface area contributed by atoms with Gasteiger partial charge in [-0.2, -0.15) is 0 Å². The normalized spacial score (nSPS) is 11.6. The van der Waals surface area contributed by atoms with Gasteiger partial charge >= 0.3 is 0 Å². The van der Waals surface area contributed by atoms with Crippen LogP contribution in [0.3, 0.4) is 0 Å². The number of likely N-dealkylation sites (N-methyl/N-ethyl adjacent to an activating group) is 1. The van der Waals surface area contributed by atoms with Crippen LogP contribution in [0, 0.1) is 0 Å². The van der Waals surface area contributed by atoms with Crippen LogP contribution in [0.4, 0.5) is 5.69 Å².